The fourth-order valence-corrected chi connectivity index (χ4v) is 1.65. The van der Waals surface area contributed by atoms with Gasteiger partial charge in [0.2, 0.25) is 11.7 Å². The van der Waals surface area contributed by atoms with E-state index < -0.39 is 4.92 Å². The summed E-state index contributed by atoms with van der Waals surface area (Å²) in [6.45, 7) is 0.302. The summed E-state index contributed by atoms with van der Waals surface area (Å²) < 4.78 is 5.32. The number of hydrogen-bond acceptors (Lipinski definition) is 5. The molecule has 8 nitrogen and oxygen atoms in total. The predicted octanol–water partition coefficient (Wildman–Crippen LogP) is 0.355. The standard InChI is InChI=1S/C10H11N5O3/c11-10(12)14-13-7-4-5-18-9-6(7)2-1-3-8(9)15(16)17/h1-3H,4-5H2,(H4,11,12,14)/b13-7+. The lowest BCUT2D eigenvalue weighted by Crippen LogP contribution is -2.23. The Balaban J connectivity index is 2.51. The molecule has 0 saturated heterocycles. The van der Waals surface area contributed by atoms with Gasteiger partial charge in [-0.25, -0.2) is 0 Å². The number of nitrogens with two attached hydrogens (primary N) is 2. The smallest absolute Gasteiger partial charge is 0.311 e. The van der Waals surface area contributed by atoms with E-state index in [9.17, 15) is 10.1 Å². The number of rotatable bonds is 2. The van der Waals surface area contributed by atoms with Crippen LogP contribution in [0, 0.1) is 10.1 Å². The van der Waals surface area contributed by atoms with Gasteiger partial charge in [0.15, 0.2) is 0 Å². The van der Waals surface area contributed by atoms with Crippen LogP contribution in [-0.4, -0.2) is 23.2 Å². The molecule has 0 aliphatic carbocycles. The second-order valence-electron chi connectivity index (χ2n) is 3.58. The number of hydrogen-bond donors (Lipinski definition) is 2. The number of nitrogens with zero attached hydrogens (tertiary/aromatic N) is 3. The van der Waals surface area contributed by atoms with Crippen molar-refractivity contribution in [2.75, 3.05) is 6.61 Å². The number of para-hydroxylation sites is 1. The van der Waals surface area contributed by atoms with Crippen molar-refractivity contribution in [2.24, 2.45) is 21.7 Å². The van der Waals surface area contributed by atoms with Crippen LogP contribution in [-0.2, 0) is 0 Å². The van der Waals surface area contributed by atoms with Crippen LogP contribution < -0.4 is 16.2 Å². The van der Waals surface area contributed by atoms with Crippen LogP contribution in [0.3, 0.4) is 0 Å². The highest BCUT2D eigenvalue weighted by Gasteiger charge is 2.25. The Morgan fingerprint density at radius 1 is 1.44 bits per heavy atom. The number of fused-ring (bicyclic) bond motifs is 1. The van der Waals surface area contributed by atoms with Gasteiger partial charge in [-0.2, -0.15) is 5.10 Å². The van der Waals surface area contributed by atoms with Crippen molar-refractivity contribution >= 4 is 17.4 Å². The average Bonchev–Trinajstić information content (AvgIpc) is 2.35. The van der Waals surface area contributed by atoms with Crippen LogP contribution in [0.4, 0.5) is 5.69 Å². The minimum absolute atomic E-state index is 0.0930. The Bertz CT molecular complexity index is 548. The molecule has 2 rings (SSSR count). The van der Waals surface area contributed by atoms with Crippen molar-refractivity contribution in [1.29, 1.82) is 0 Å². The molecule has 0 saturated carbocycles. The quantitative estimate of drug-likeness (QED) is 0.338. The van der Waals surface area contributed by atoms with Crippen molar-refractivity contribution < 1.29 is 9.66 Å². The fraction of sp³-hybridized carbons (Fsp3) is 0.200. The predicted molar refractivity (Wildman–Crippen MR) is 65.6 cm³/mol. The Hall–Kier alpha value is -2.64. The molecule has 0 atom stereocenters. The van der Waals surface area contributed by atoms with E-state index in [4.69, 9.17) is 16.2 Å². The van der Waals surface area contributed by atoms with Crippen LogP contribution >= 0.6 is 0 Å². The Morgan fingerprint density at radius 2 is 2.22 bits per heavy atom. The van der Waals surface area contributed by atoms with Crippen molar-refractivity contribution in [2.45, 2.75) is 6.42 Å². The molecule has 0 spiro atoms. The first-order valence-electron chi connectivity index (χ1n) is 5.15. The number of benzene rings is 1. The molecule has 1 heterocycles. The van der Waals surface area contributed by atoms with E-state index in [2.05, 4.69) is 10.2 Å². The van der Waals surface area contributed by atoms with Crippen molar-refractivity contribution in [3.63, 3.8) is 0 Å². The normalized spacial score (nSPS) is 15.7. The summed E-state index contributed by atoms with van der Waals surface area (Å²) in [5.41, 5.74) is 11.4. The van der Waals surface area contributed by atoms with E-state index in [1.54, 1.807) is 12.1 Å². The van der Waals surface area contributed by atoms with E-state index in [1.165, 1.54) is 6.07 Å². The minimum Gasteiger partial charge on any atom is -0.486 e. The maximum absolute atomic E-state index is 10.9. The van der Waals surface area contributed by atoms with Gasteiger partial charge in [-0.15, -0.1) is 5.10 Å². The Labute approximate surface area is 102 Å². The Kier molecular flexibility index (Phi) is 3.09. The second kappa shape index (κ2) is 4.70. The average molecular weight is 249 g/mol. The summed E-state index contributed by atoms with van der Waals surface area (Å²) >= 11 is 0. The minimum atomic E-state index is -0.498. The van der Waals surface area contributed by atoms with Gasteiger partial charge in [-0.3, -0.25) is 10.1 Å². The van der Waals surface area contributed by atoms with Crippen LogP contribution in [0.25, 0.3) is 0 Å². The third-order valence-corrected chi connectivity index (χ3v) is 2.37. The molecule has 0 amide bonds. The van der Waals surface area contributed by atoms with E-state index in [0.717, 1.165) is 0 Å². The molecule has 0 bridgehead atoms. The summed E-state index contributed by atoms with van der Waals surface area (Å²) in [7, 11) is 0. The molecule has 0 radical (unpaired) electrons. The molecule has 4 N–H and O–H groups in total. The molecule has 1 aliphatic rings. The summed E-state index contributed by atoms with van der Waals surface area (Å²) in [6.07, 6.45) is 0.491. The molecule has 1 aliphatic heterocycles. The highest BCUT2D eigenvalue weighted by atomic mass is 16.6. The molecule has 0 fully saturated rings. The van der Waals surface area contributed by atoms with Crippen LogP contribution in [0.2, 0.25) is 0 Å². The third-order valence-electron chi connectivity index (χ3n) is 2.37. The molecular formula is C10H11N5O3. The van der Waals surface area contributed by atoms with Crippen LogP contribution in [0.1, 0.15) is 12.0 Å². The highest BCUT2D eigenvalue weighted by Crippen LogP contribution is 2.34. The second-order valence-corrected chi connectivity index (χ2v) is 3.58. The lowest BCUT2D eigenvalue weighted by atomic mass is 10.0. The van der Waals surface area contributed by atoms with Gasteiger partial charge in [0.25, 0.3) is 0 Å². The van der Waals surface area contributed by atoms with E-state index >= 15 is 0 Å². The van der Waals surface area contributed by atoms with Crippen LogP contribution in [0.15, 0.2) is 28.4 Å². The zero-order chi connectivity index (χ0) is 13.1. The first kappa shape index (κ1) is 11.8. The van der Waals surface area contributed by atoms with E-state index in [1.807, 2.05) is 0 Å². The topological polar surface area (TPSA) is 129 Å². The molecule has 94 valence electrons. The number of nitro benzene ring substituents is 1. The number of ether oxygens (including phenoxy) is 1. The number of guanidine groups is 1. The fourth-order valence-electron chi connectivity index (χ4n) is 1.65. The first-order chi connectivity index (χ1) is 8.59. The maximum atomic E-state index is 10.9. The van der Waals surface area contributed by atoms with Gasteiger partial charge in [0.05, 0.1) is 17.2 Å². The maximum Gasteiger partial charge on any atom is 0.311 e. The van der Waals surface area contributed by atoms with Gasteiger partial charge >= 0.3 is 5.69 Å². The molecule has 1 aromatic rings. The molecule has 18 heavy (non-hydrogen) atoms. The largest absolute Gasteiger partial charge is 0.486 e. The summed E-state index contributed by atoms with van der Waals surface area (Å²) in [4.78, 5) is 10.4. The molecule has 1 aromatic carbocycles. The van der Waals surface area contributed by atoms with Gasteiger partial charge in [0, 0.05) is 18.1 Å². The van der Waals surface area contributed by atoms with Crippen molar-refractivity contribution in [3.05, 3.63) is 33.9 Å². The SMILES string of the molecule is NC(N)=N/N=C1\CCOc2c1cccc2[N+](=O)[O-]. The van der Waals surface area contributed by atoms with Gasteiger partial charge < -0.3 is 16.2 Å². The molecule has 0 unspecified atom stereocenters. The van der Waals surface area contributed by atoms with Crippen molar-refractivity contribution in [3.8, 4) is 5.75 Å². The zero-order valence-corrected chi connectivity index (χ0v) is 9.37. The highest BCUT2D eigenvalue weighted by molar-refractivity contribution is 6.05. The summed E-state index contributed by atoms with van der Waals surface area (Å²) in [6, 6.07) is 4.63. The van der Waals surface area contributed by atoms with Crippen LogP contribution in [0.5, 0.6) is 5.75 Å². The third kappa shape index (κ3) is 2.21. The van der Waals surface area contributed by atoms with Gasteiger partial charge in [-0.05, 0) is 6.07 Å². The number of nitro groups is 1. The summed E-state index contributed by atoms with van der Waals surface area (Å²) in [5.74, 6) is 0.0410. The van der Waals surface area contributed by atoms with E-state index in [-0.39, 0.29) is 17.4 Å². The monoisotopic (exact) mass is 249 g/mol. The summed E-state index contributed by atoms with van der Waals surface area (Å²) in [5, 5.41) is 18.3. The zero-order valence-electron chi connectivity index (χ0n) is 9.37. The first-order valence-corrected chi connectivity index (χ1v) is 5.15. The van der Waals surface area contributed by atoms with Gasteiger partial charge in [-0.1, -0.05) is 6.07 Å². The lowest BCUT2D eigenvalue weighted by Gasteiger charge is -2.17. The van der Waals surface area contributed by atoms with Gasteiger partial charge in [0.1, 0.15) is 0 Å². The molecule has 0 aromatic heterocycles. The molecule has 8 heteroatoms. The Morgan fingerprint density at radius 3 is 2.89 bits per heavy atom. The van der Waals surface area contributed by atoms with Crippen molar-refractivity contribution in [1.82, 2.24) is 0 Å². The molecular weight excluding hydrogens is 238 g/mol. The van der Waals surface area contributed by atoms with E-state index in [0.29, 0.717) is 24.3 Å². The lowest BCUT2D eigenvalue weighted by molar-refractivity contribution is -0.385.